The number of aliphatic hydroxyl groups is 1. The minimum atomic E-state index is 0.107. The van der Waals surface area contributed by atoms with Gasteiger partial charge in [0.2, 0.25) is 0 Å². The molecule has 16 heavy (non-hydrogen) atoms. The third-order valence-electron chi connectivity index (χ3n) is 2.22. The highest BCUT2D eigenvalue weighted by Crippen LogP contribution is 2.16. The van der Waals surface area contributed by atoms with Crippen molar-refractivity contribution in [3.8, 4) is 0 Å². The molecule has 0 fully saturated rings. The Morgan fingerprint density at radius 3 is 2.94 bits per heavy atom. The van der Waals surface area contributed by atoms with Crippen LogP contribution in [-0.4, -0.2) is 23.3 Å². The van der Waals surface area contributed by atoms with Gasteiger partial charge in [-0.25, -0.2) is 0 Å². The van der Waals surface area contributed by atoms with Gasteiger partial charge in [-0.05, 0) is 23.3 Å². The van der Waals surface area contributed by atoms with Gasteiger partial charge in [-0.3, -0.25) is 5.41 Å². The van der Waals surface area contributed by atoms with Crippen LogP contribution < -0.4 is 5.73 Å². The van der Waals surface area contributed by atoms with Crippen LogP contribution in [0.4, 0.5) is 0 Å². The van der Waals surface area contributed by atoms with Crippen LogP contribution in [0.5, 0.6) is 0 Å². The largest absolute Gasteiger partial charge is 0.396 e. The molecule has 0 aliphatic heterocycles. The number of benzene rings is 1. The molecule has 0 aliphatic rings. The van der Waals surface area contributed by atoms with E-state index in [4.69, 9.17) is 16.2 Å². The molecular weight excluding hydrogens is 220 g/mol. The first-order valence-electron chi connectivity index (χ1n) is 5.25. The van der Waals surface area contributed by atoms with Crippen LogP contribution in [0.2, 0.25) is 0 Å². The van der Waals surface area contributed by atoms with Crippen molar-refractivity contribution in [3.63, 3.8) is 0 Å². The topological polar surface area (TPSA) is 70.1 Å². The molecule has 0 aromatic heterocycles. The van der Waals surface area contributed by atoms with Gasteiger partial charge in [0.15, 0.2) is 0 Å². The SMILES string of the molecule is CC(CO)CSCc1cccc(C(=N)N)c1. The lowest BCUT2D eigenvalue weighted by Gasteiger charge is -2.07. The van der Waals surface area contributed by atoms with E-state index in [1.54, 1.807) is 11.8 Å². The maximum Gasteiger partial charge on any atom is 0.122 e. The van der Waals surface area contributed by atoms with Crippen molar-refractivity contribution < 1.29 is 5.11 Å². The standard InChI is InChI=1S/C12H18N2OS/c1-9(6-15)7-16-8-10-3-2-4-11(5-10)12(13)14/h2-5,9,15H,6-8H2,1H3,(H3,13,14). The van der Waals surface area contributed by atoms with Crippen LogP contribution in [0, 0.1) is 11.3 Å². The van der Waals surface area contributed by atoms with Crippen LogP contribution in [0.1, 0.15) is 18.1 Å². The van der Waals surface area contributed by atoms with E-state index in [1.165, 1.54) is 5.56 Å². The molecule has 0 aliphatic carbocycles. The van der Waals surface area contributed by atoms with E-state index in [-0.39, 0.29) is 12.4 Å². The molecular formula is C12H18N2OS. The van der Waals surface area contributed by atoms with E-state index in [9.17, 15) is 0 Å². The molecule has 88 valence electrons. The normalized spacial score (nSPS) is 12.4. The van der Waals surface area contributed by atoms with Gasteiger partial charge < -0.3 is 10.8 Å². The van der Waals surface area contributed by atoms with E-state index in [1.807, 2.05) is 31.2 Å². The number of nitrogens with two attached hydrogens (primary N) is 1. The Bertz CT molecular complexity index is 355. The zero-order valence-corrected chi connectivity index (χ0v) is 10.3. The molecule has 4 heteroatoms. The van der Waals surface area contributed by atoms with Gasteiger partial charge in [-0.2, -0.15) is 11.8 Å². The second kappa shape index (κ2) is 6.55. The van der Waals surface area contributed by atoms with Crippen molar-refractivity contribution in [2.75, 3.05) is 12.4 Å². The Morgan fingerprint density at radius 1 is 1.56 bits per heavy atom. The first-order chi connectivity index (χ1) is 7.63. The molecule has 3 nitrogen and oxygen atoms in total. The second-order valence-electron chi connectivity index (χ2n) is 3.92. The maximum absolute atomic E-state index is 8.89. The van der Waals surface area contributed by atoms with Crippen LogP contribution in [0.3, 0.4) is 0 Å². The molecule has 0 heterocycles. The average Bonchev–Trinajstić information content (AvgIpc) is 2.29. The lowest BCUT2D eigenvalue weighted by atomic mass is 10.1. The summed E-state index contributed by atoms with van der Waals surface area (Å²) in [5.74, 6) is 2.28. The number of nitrogens with one attached hydrogen (secondary N) is 1. The van der Waals surface area contributed by atoms with Gasteiger partial charge in [0, 0.05) is 17.9 Å². The van der Waals surface area contributed by atoms with Crippen molar-refractivity contribution >= 4 is 17.6 Å². The number of nitrogen functional groups attached to an aromatic ring is 1. The van der Waals surface area contributed by atoms with E-state index >= 15 is 0 Å². The fourth-order valence-electron chi connectivity index (χ4n) is 1.26. The molecule has 4 N–H and O–H groups in total. The maximum atomic E-state index is 8.89. The van der Waals surface area contributed by atoms with E-state index in [0.717, 1.165) is 17.1 Å². The zero-order valence-electron chi connectivity index (χ0n) is 9.44. The molecule has 0 saturated carbocycles. The molecule has 0 spiro atoms. The lowest BCUT2D eigenvalue weighted by molar-refractivity contribution is 0.250. The Labute approximate surface area is 101 Å². The molecule has 1 aromatic carbocycles. The molecule has 0 saturated heterocycles. The van der Waals surface area contributed by atoms with Crippen LogP contribution in [0.15, 0.2) is 24.3 Å². The number of hydrogen-bond donors (Lipinski definition) is 3. The summed E-state index contributed by atoms with van der Waals surface area (Å²) in [4.78, 5) is 0. The Morgan fingerprint density at radius 2 is 2.31 bits per heavy atom. The van der Waals surface area contributed by atoms with Gasteiger partial charge in [0.25, 0.3) is 0 Å². The van der Waals surface area contributed by atoms with E-state index in [0.29, 0.717) is 5.92 Å². The number of rotatable bonds is 6. The average molecular weight is 238 g/mol. The van der Waals surface area contributed by atoms with Gasteiger partial charge in [0.05, 0.1) is 0 Å². The molecule has 1 aromatic rings. The molecule has 1 rings (SSSR count). The summed E-state index contributed by atoms with van der Waals surface area (Å²) in [7, 11) is 0. The predicted molar refractivity (Wildman–Crippen MR) is 69.9 cm³/mol. The van der Waals surface area contributed by atoms with E-state index in [2.05, 4.69) is 0 Å². The fourth-order valence-corrected chi connectivity index (χ4v) is 2.30. The molecule has 1 unspecified atom stereocenters. The Balaban J connectivity index is 2.48. The number of hydrogen-bond acceptors (Lipinski definition) is 3. The minimum Gasteiger partial charge on any atom is -0.396 e. The Hall–Kier alpha value is -1.00. The molecule has 0 amide bonds. The lowest BCUT2D eigenvalue weighted by Crippen LogP contribution is -2.11. The molecule has 0 bridgehead atoms. The summed E-state index contributed by atoms with van der Waals surface area (Å²) in [5, 5.41) is 16.2. The number of aliphatic hydroxyl groups excluding tert-OH is 1. The summed E-state index contributed by atoms with van der Waals surface area (Å²) in [5.41, 5.74) is 7.37. The summed E-state index contributed by atoms with van der Waals surface area (Å²) in [6.45, 7) is 2.26. The first kappa shape index (κ1) is 13.1. The smallest absolute Gasteiger partial charge is 0.122 e. The van der Waals surface area contributed by atoms with Crippen LogP contribution >= 0.6 is 11.8 Å². The van der Waals surface area contributed by atoms with E-state index < -0.39 is 0 Å². The van der Waals surface area contributed by atoms with Gasteiger partial charge in [-0.1, -0.05) is 25.1 Å². The van der Waals surface area contributed by atoms with Crippen molar-refractivity contribution in [1.82, 2.24) is 0 Å². The highest BCUT2D eigenvalue weighted by Gasteiger charge is 2.02. The van der Waals surface area contributed by atoms with Gasteiger partial charge in [-0.15, -0.1) is 0 Å². The van der Waals surface area contributed by atoms with Crippen molar-refractivity contribution in [1.29, 1.82) is 5.41 Å². The quantitative estimate of drug-likeness (QED) is 0.523. The molecule has 1 atom stereocenters. The third-order valence-corrected chi connectivity index (χ3v) is 3.56. The monoisotopic (exact) mass is 238 g/mol. The fraction of sp³-hybridized carbons (Fsp3) is 0.417. The van der Waals surface area contributed by atoms with Crippen molar-refractivity contribution in [2.24, 2.45) is 11.7 Å². The summed E-state index contributed by atoms with van der Waals surface area (Å²) in [6.07, 6.45) is 0. The number of amidine groups is 1. The summed E-state index contributed by atoms with van der Waals surface area (Å²) < 4.78 is 0. The number of thioether (sulfide) groups is 1. The second-order valence-corrected chi connectivity index (χ2v) is 4.95. The third kappa shape index (κ3) is 4.24. The van der Waals surface area contributed by atoms with Crippen molar-refractivity contribution in [3.05, 3.63) is 35.4 Å². The zero-order chi connectivity index (χ0) is 12.0. The highest BCUT2D eigenvalue weighted by molar-refractivity contribution is 7.98. The minimum absolute atomic E-state index is 0.107. The first-order valence-corrected chi connectivity index (χ1v) is 6.41. The molecule has 0 radical (unpaired) electrons. The van der Waals surface area contributed by atoms with Gasteiger partial charge in [0.1, 0.15) is 5.84 Å². The summed E-state index contributed by atoms with van der Waals surface area (Å²) >= 11 is 1.79. The van der Waals surface area contributed by atoms with Crippen LogP contribution in [0.25, 0.3) is 0 Å². The van der Waals surface area contributed by atoms with Crippen LogP contribution in [-0.2, 0) is 5.75 Å². The Kier molecular flexibility index (Phi) is 5.35. The van der Waals surface area contributed by atoms with Gasteiger partial charge >= 0.3 is 0 Å². The predicted octanol–water partition coefficient (Wildman–Crippen LogP) is 1.83. The van der Waals surface area contributed by atoms with Crippen molar-refractivity contribution in [2.45, 2.75) is 12.7 Å². The highest BCUT2D eigenvalue weighted by atomic mass is 32.2. The summed E-state index contributed by atoms with van der Waals surface area (Å²) in [6, 6.07) is 7.73.